The van der Waals surface area contributed by atoms with Gasteiger partial charge in [-0.3, -0.25) is 0 Å². The van der Waals surface area contributed by atoms with Gasteiger partial charge in [0.2, 0.25) is 0 Å². The Kier molecular flexibility index (Phi) is 95.3. The normalized spacial score (nSPS) is 10.0. The van der Waals surface area contributed by atoms with Crippen molar-refractivity contribution in [3.63, 3.8) is 0 Å². The summed E-state index contributed by atoms with van der Waals surface area (Å²) in [5.41, 5.74) is 0. The molecule has 0 aromatic carbocycles. The molecule has 0 spiro atoms. The zero-order valence-corrected chi connectivity index (χ0v) is 20.1. The Morgan fingerprint density at radius 3 is 0.500 bits per heavy atom. The molecule has 0 nitrogen and oxygen atoms in total. The Labute approximate surface area is 137 Å². The zero-order valence-electron chi connectivity index (χ0n) is 7.51. The maximum atomic E-state index is 2.32. The lowest BCUT2D eigenvalue weighted by Gasteiger charge is -1.47. The molecule has 0 saturated carbocycles. The van der Waals surface area contributed by atoms with Crippen LogP contribution in [0.15, 0.2) is 0 Å². The second-order valence-corrected chi connectivity index (χ2v) is 15.2. The Hall–Kier alpha value is 4.64. The molecular weight excluding hydrogens is 680 g/mol. The van der Waals surface area contributed by atoms with Crippen molar-refractivity contribution in [3.8, 4) is 0 Å². The van der Waals surface area contributed by atoms with E-state index in [1.165, 1.54) is 0 Å². The highest BCUT2D eigenvalue weighted by molar-refractivity contribution is 14.2. The Morgan fingerprint density at radius 2 is 0.500 bits per heavy atom. The third kappa shape index (κ3) is 127. The van der Waals surface area contributed by atoms with E-state index in [0.29, 0.717) is 0 Å². The molecule has 8 heteroatoms. The van der Waals surface area contributed by atoms with Gasteiger partial charge in [-0.15, -0.1) is 0 Å². The zero-order chi connectivity index (χ0) is 10.8. The molecule has 0 aromatic rings. The monoisotopic (exact) mass is 696 g/mol. The smallest absolute Gasteiger partial charge is 0.0381 e. The largest absolute Gasteiger partial charge is 0.0584 e. The van der Waals surface area contributed by atoms with Gasteiger partial charge in [-0.2, -0.15) is 0 Å². The standard InChI is InChI=1S/4CH4IP/c4*1-3-2/h4*3H,1H3. The molecule has 0 heterocycles. The number of rotatable bonds is 0. The quantitative estimate of drug-likeness (QED) is 0.199. The fourth-order valence-electron chi connectivity index (χ4n) is 0. The third-order valence-corrected chi connectivity index (χ3v) is 0. The van der Waals surface area contributed by atoms with Crippen molar-refractivity contribution in [3.05, 3.63) is 0 Å². The Bertz CT molecular complexity index is 27.0. The summed E-state index contributed by atoms with van der Waals surface area (Å²) >= 11 is 9.26. The predicted octanol–water partition coefficient (Wildman–Crippen LogP) is 6.58. The summed E-state index contributed by atoms with van der Waals surface area (Å²) in [6.07, 6.45) is 4.21. The van der Waals surface area contributed by atoms with Gasteiger partial charge in [-0.05, 0) is 26.7 Å². The second-order valence-electron chi connectivity index (χ2n) is 0.756. The molecule has 4 atom stereocenters. The molecule has 12 heavy (non-hydrogen) atoms. The van der Waals surface area contributed by atoms with Crippen LogP contribution in [0.1, 0.15) is 0 Å². The molecule has 80 valence electrons. The molecule has 0 amide bonds. The van der Waals surface area contributed by atoms with E-state index in [-0.39, 0.29) is 0 Å². The summed E-state index contributed by atoms with van der Waals surface area (Å²) in [7, 11) is 0. The van der Waals surface area contributed by atoms with Crippen molar-refractivity contribution in [2.75, 3.05) is 26.7 Å². The lowest BCUT2D eigenvalue weighted by Crippen LogP contribution is -0.974. The van der Waals surface area contributed by atoms with Gasteiger partial charge in [0, 0.05) is 0 Å². The minimum atomic E-state index is 1.05. The minimum Gasteiger partial charge on any atom is -0.0584 e. The number of halogens is 4. The topological polar surface area (TPSA) is 0 Å². The number of hydrogen-bond acceptors (Lipinski definition) is 0. The van der Waals surface area contributed by atoms with Crippen molar-refractivity contribution in [2.45, 2.75) is 0 Å². The summed E-state index contributed by atoms with van der Waals surface area (Å²) in [6.45, 7) is 8.56. The van der Waals surface area contributed by atoms with Crippen LogP contribution in [0.25, 0.3) is 0 Å². The van der Waals surface area contributed by atoms with Crippen molar-refractivity contribution in [1.82, 2.24) is 0 Å². The molecule has 4 unspecified atom stereocenters. The predicted molar refractivity (Wildman–Crippen MR) is 113 cm³/mol. The molecule has 0 radical (unpaired) electrons. The Morgan fingerprint density at radius 1 is 0.500 bits per heavy atom. The van der Waals surface area contributed by atoms with Crippen LogP contribution in [-0.4, -0.2) is 26.7 Å². The van der Waals surface area contributed by atoms with Crippen LogP contribution in [-0.2, 0) is 0 Å². The van der Waals surface area contributed by atoms with E-state index in [2.05, 4.69) is 115 Å². The highest BCUT2D eigenvalue weighted by Gasteiger charge is 1.37. The summed E-state index contributed by atoms with van der Waals surface area (Å²) in [4.78, 5) is 0. The summed E-state index contributed by atoms with van der Waals surface area (Å²) in [6, 6.07) is 0. The van der Waals surface area contributed by atoms with Gasteiger partial charge >= 0.3 is 0 Å². The molecule has 0 saturated heterocycles. The van der Waals surface area contributed by atoms with Gasteiger partial charge in [0.05, 0.1) is 0 Å². The molecule has 0 bridgehead atoms. The maximum absolute atomic E-state index is 2.32. The first kappa shape index (κ1) is 25.5. The summed E-state index contributed by atoms with van der Waals surface area (Å²) in [5, 5.41) is 0. The van der Waals surface area contributed by atoms with E-state index in [4.69, 9.17) is 0 Å². The Balaban J connectivity index is -0.0000000356. The van der Waals surface area contributed by atoms with Crippen LogP contribution in [0.5, 0.6) is 0 Å². The molecule has 0 aromatic heterocycles. The van der Waals surface area contributed by atoms with Gasteiger partial charge in [0.1, 0.15) is 0 Å². The van der Waals surface area contributed by atoms with Crippen LogP contribution in [0.4, 0.5) is 0 Å². The third-order valence-electron chi connectivity index (χ3n) is 0. The minimum absolute atomic E-state index is 1.05. The average molecular weight is 696 g/mol. The van der Waals surface area contributed by atoms with Crippen LogP contribution in [0, 0.1) is 0 Å². The van der Waals surface area contributed by atoms with Crippen LogP contribution in [0.2, 0.25) is 0 Å². The van der Waals surface area contributed by atoms with Crippen molar-refractivity contribution in [2.24, 2.45) is 0 Å². The van der Waals surface area contributed by atoms with E-state index >= 15 is 0 Å². The first-order chi connectivity index (χ1) is 5.66. The van der Waals surface area contributed by atoms with Crippen molar-refractivity contribution >= 4 is 113 Å². The molecule has 0 N–H and O–H groups in total. The fraction of sp³-hybridized carbons (Fsp3) is 1.00. The van der Waals surface area contributed by atoms with Crippen LogP contribution >= 0.6 is 113 Å². The first-order valence-electron chi connectivity index (χ1n) is 2.76. The van der Waals surface area contributed by atoms with E-state index in [9.17, 15) is 0 Å². The van der Waals surface area contributed by atoms with Gasteiger partial charge in [0.25, 0.3) is 0 Å². The first-order valence-corrected chi connectivity index (χ1v) is 21.2. The lowest BCUT2D eigenvalue weighted by molar-refractivity contribution is 2.52. The highest BCUT2D eigenvalue weighted by atomic mass is 127. The number of hydrogen-bond donors (Lipinski definition) is 0. The molecule has 0 aliphatic rings. The van der Waals surface area contributed by atoms with E-state index in [1.54, 1.807) is 0 Å². The van der Waals surface area contributed by atoms with Gasteiger partial charge in [-0.25, -0.2) is 0 Å². The van der Waals surface area contributed by atoms with Crippen LogP contribution in [0.3, 0.4) is 0 Å². The summed E-state index contributed by atoms with van der Waals surface area (Å²) < 4.78 is 0. The van der Waals surface area contributed by atoms with Crippen LogP contribution < -0.4 is 0 Å². The molecule has 0 rings (SSSR count). The van der Waals surface area contributed by atoms with Crippen molar-refractivity contribution in [1.29, 1.82) is 0 Å². The maximum Gasteiger partial charge on any atom is -0.0381 e. The average Bonchev–Trinajstić information content (AvgIpc) is 1.92. The van der Waals surface area contributed by atoms with E-state index < -0.39 is 0 Å². The molecule has 0 aliphatic heterocycles. The van der Waals surface area contributed by atoms with E-state index in [1.807, 2.05) is 0 Å². The molecular formula is C4H16I4P4. The van der Waals surface area contributed by atoms with Gasteiger partial charge in [-0.1, -0.05) is 113 Å². The second kappa shape index (κ2) is 44.9. The summed E-state index contributed by atoms with van der Waals surface area (Å²) in [5.74, 6) is 0. The SMILES string of the molecule is CPI.CPI.CPI.CPI. The van der Waals surface area contributed by atoms with E-state index in [0.717, 1.165) is 24.9 Å². The van der Waals surface area contributed by atoms with Crippen molar-refractivity contribution < 1.29 is 0 Å². The molecule has 0 aliphatic carbocycles. The van der Waals surface area contributed by atoms with Gasteiger partial charge in [0.15, 0.2) is 0 Å². The lowest BCUT2D eigenvalue weighted by atomic mass is 12.0. The highest BCUT2D eigenvalue weighted by Crippen LogP contribution is 2.12. The van der Waals surface area contributed by atoms with Gasteiger partial charge < -0.3 is 0 Å². The molecule has 0 fully saturated rings. The fourth-order valence-corrected chi connectivity index (χ4v) is 0.